The zero-order valence-electron chi connectivity index (χ0n) is 12.9. The average Bonchev–Trinajstić information content (AvgIpc) is 2.40. The van der Waals surface area contributed by atoms with Crippen molar-refractivity contribution in [3.63, 3.8) is 0 Å². The predicted octanol–water partition coefficient (Wildman–Crippen LogP) is 4.63. The number of aliphatic hydroxyl groups is 1. The highest BCUT2D eigenvalue weighted by molar-refractivity contribution is 7.71. The van der Waals surface area contributed by atoms with Crippen molar-refractivity contribution in [2.75, 3.05) is 18.6 Å². The topological polar surface area (TPSA) is 60.9 Å². The smallest absolute Gasteiger partial charge is 0.198 e. The van der Waals surface area contributed by atoms with E-state index in [4.69, 9.17) is 12.2 Å². The quantitative estimate of drug-likeness (QED) is 0.309. The fraction of sp³-hybridized carbons (Fsp3) is 0.333. The van der Waals surface area contributed by atoms with Gasteiger partial charge in [0.05, 0.1) is 5.70 Å². The van der Waals surface area contributed by atoms with Crippen molar-refractivity contribution in [1.82, 2.24) is 9.97 Å². The summed E-state index contributed by atoms with van der Waals surface area (Å²) in [7, 11) is -0.121. The van der Waals surface area contributed by atoms with Crippen LogP contribution in [0.5, 0.6) is 0 Å². The Labute approximate surface area is 132 Å². The first-order chi connectivity index (χ1) is 9.88. The Hall–Kier alpha value is -1.45. The van der Waals surface area contributed by atoms with Crippen LogP contribution >= 0.6 is 20.1 Å². The second-order valence-corrected chi connectivity index (χ2v) is 7.72. The van der Waals surface area contributed by atoms with Gasteiger partial charge in [0.1, 0.15) is 11.6 Å². The van der Waals surface area contributed by atoms with Gasteiger partial charge < -0.3 is 15.4 Å². The van der Waals surface area contributed by atoms with Gasteiger partial charge in [0.25, 0.3) is 0 Å². The fourth-order valence-electron chi connectivity index (χ4n) is 1.82. The van der Waals surface area contributed by atoms with E-state index < -0.39 is 0 Å². The first-order valence-corrected chi connectivity index (χ1v) is 9.41. The van der Waals surface area contributed by atoms with Crippen LogP contribution in [0, 0.1) is 11.7 Å². The molecule has 1 aromatic heterocycles. The van der Waals surface area contributed by atoms with E-state index in [0.717, 1.165) is 17.4 Å². The second kappa shape index (κ2) is 8.11. The van der Waals surface area contributed by atoms with Gasteiger partial charge in [-0.1, -0.05) is 12.7 Å². The molecule has 6 heteroatoms. The van der Waals surface area contributed by atoms with Crippen LogP contribution in [0.1, 0.15) is 18.2 Å². The van der Waals surface area contributed by atoms with Gasteiger partial charge in [0.2, 0.25) is 0 Å². The normalized spacial score (nSPS) is 12.6. The number of nitrogens with one attached hydrogen (secondary N) is 2. The molecule has 0 unspecified atom stereocenters. The molecule has 0 radical (unpaired) electrons. The van der Waals surface area contributed by atoms with Gasteiger partial charge in [0.15, 0.2) is 4.77 Å². The Kier molecular flexibility index (Phi) is 6.79. The summed E-state index contributed by atoms with van der Waals surface area (Å²) in [5, 5.41) is 13.1. The number of anilines is 1. The first kappa shape index (κ1) is 17.6. The van der Waals surface area contributed by atoms with Crippen molar-refractivity contribution in [2.45, 2.75) is 20.0 Å². The van der Waals surface area contributed by atoms with Gasteiger partial charge in [-0.05, 0) is 57.7 Å². The van der Waals surface area contributed by atoms with Gasteiger partial charge in [-0.3, -0.25) is 0 Å². The molecule has 0 saturated heterocycles. The van der Waals surface area contributed by atoms with E-state index >= 15 is 0 Å². The number of allylic oxidation sites excluding steroid dienone is 3. The maximum absolute atomic E-state index is 9.91. The maximum atomic E-state index is 9.91. The summed E-state index contributed by atoms with van der Waals surface area (Å²) in [4.78, 5) is 7.46. The lowest BCUT2D eigenvalue weighted by Gasteiger charge is -2.16. The van der Waals surface area contributed by atoms with Crippen molar-refractivity contribution in [3.05, 3.63) is 52.3 Å². The van der Waals surface area contributed by atoms with Crippen LogP contribution in [0.25, 0.3) is 0 Å². The molecule has 0 atom stereocenters. The molecule has 0 amide bonds. The Bertz CT molecular complexity index is 632. The van der Waals surface area contributed by atoms with E-state index in [9.17, 15) is 5.11 Å². The molecule has 1 aromatic rings. The van der Waals surface area contributed by atoms with Gasteiger partial charge in [-0.25, -0.2) is 4.98 Å². The predicted molar refractivity (Wildman–Crippen MR) is 94.9 cm³/mol. The molecule has 0 aliphatic heterocycles. The van der Waals surface area contributed by atoms with Gasteiger partial charge in [-0.15, -0.1) is 7.92 Å². The van der Waals surface area contributed by atoms with Crippen molar-refractivity contribution < 1.29 is 5.11 Å². The lowest BCUT2D eigenvalue weighted by Crippen LogP contribution is -2.08. The van der Waals surface area contributed by atoms with E-state index in [2.05, 4.69) is 35.2 Å². The third-order valence-corrected chi connectivity index (χ3v) is 3.92. The van der Waals surface area contributed by atoms with Crippen molar-refractivity contribution in [2.24, 2.45) is 0 Å². The summed E-state index contributed by atoms with van der Waals surface area (Å²) in [5.41, 5.74) is 2.66. The van der Waals surface area contributed by atoms with Crippen molar-refractivity contribution in [1.29, 1.82) is 0 Å². The van der Waals surface area contributed by atoms with Crippen LogP contribution in [0.3, 0.4) is 0 Å². The number of aliphatic hydroxyl groups excluding tert-OH is 1. The second-order valence-electron chi connectivity index (χ2n) is 4.86. The molecule has 0 bridgehead atoms. The summed E-state index contributed by atoms with van der Waals surface area (Å²) in [6.07, 6.45) is 5.94. The number of rotatable bonds is 6. The molecule has 114 valence electrons. The molecule has 1 heterocycles. The molecule has 0 saturated carbocycles. The monoisotopic (exact) mass is 323 g/mol. The van der Waals surface area contributed by atoms with E-state index in [-0.39, 0.29) is 13.7 Å². The van der Waals surface area contributed by atoms with Crippen molar-refractivity contribution >= 4 is 26.0 Å². The summed E-state index contributed by atoms with van der Waals surface area (Å²) < 4.78 is 0.424. The molecular formula is C15H22N3OPS. The highest BCUT2D eigenvalue weighted by Crippen LogP contribution is 2.34. The Balaban J connectivity index is 3.34. The standard InChI is InChI=1S/C15H22N3OPS/c1-6-8-12(13(19)7-2)17-14-11(9-20(4)5)10(3)16-15(21)18-14/h6-8,19H,2,9H2,1,3-5H3,(H2,16,17,18,21)/b8-6-,13-12-. The third-order valence-electron chi connectivity index (χ3n) is 2.78. The molecule has 0 aromatic carbocycles. The first-order valence-electron chi connectivity index (χ1n) is 6.59. The Morgan fingerprint density at radius 3 is 2.71 bits per heavy atom. The molecule has 21 heavy (non-hydrogen) atoms. The summed E-state index contributed by atoms with van der Waals surface area (Å²) in [6, 6.07) is 0. The SMILES string of the molecule is C=C/C(O)=C(\C=C/C)Nc1nc(=S)[nH]c(C)c1CP(C)C. The van der Waals surface area contributed by atoms with E-state index in [1.165, 1.54) is 6.08 Å². The van der Waals surface area contributed by atoms with Gasteiger partial charge in [-0.2, -0.15) is 0 Å². The minimum Gasteiger partial charge on any atom is -0.506 e. The number of H-pyrrole nitrogens is 1. The molecule has 0 aliphatic rings. The van der Waals surface area contributed by atoms with Gasteiger partial charge in [0, 0.05) is 11.3 Å². The largest absolute Gasteiger partial charge is 0.506 e. The molecular weight excluding hydrogens is 301 g/mol. The summed E-state index contributed by atoms with van der Waals surface area (Å²) >= 11 is 5.15. The minimum absolute atomic E-state index is 0.0764. The maximum Gasteiger partial charge on any atom is 0.198 e. The number of aryl methyl sites for hydroxylation is 1. The summed E-state index contributed by atoms with van der Waals surface area (Å²) in [5.74, 6) is 0.765. The van der Waals surface area contributed by atoms with E-state index in [1.54, 1.807) is 6.08 Å². The van der Waals surface area contributed by atoms with Crippen molar-refractivity contribution in [3.8, 4) is 0 Å². The molecule has 0 fully saturated rings. The van der Waals surface area contributed by atoms with Crippen LogP contribution in [-0.2, 0) is 6.16 Å². The van der Waals surface area contributed by atoms with Crippen LogP contribution in [-0.4, -0.2) is 28.4 Å². The Morgan fingerprint density at radius 1 is 1.52 bits per heavy atom. The average molecular weight is 323 g/mol. The zero-order chi connectivity index (χ0) is 16.0. The molecule has 0 spiro atoms. The van der Waals surface area contributed by atoms with Crippen LogP contribution < -0.4 is 5.32 Å². The molecule has 4 nitrogen and oxygen atoms in total. The van der Waals surface area contributed by atoms with Gasteiger partial charge >= 0.3 is 0 Å². The third kappa shape index (κ3) is 5.10. The number of aromatic amines is 1. The van der Waals surface area contributed by atoms with E-state index in [1.807, 2.05) is 19.9 Å². The van der Waals surface area contributed by atoms with Crippen LogP contribution in [0.4, 0.5) is 5.82 Å². The molecule has 0 aliphatic carbocycles. The van der Waals surface area contributed by atoms with Crippen LogP contribution in [0.2, 0.25) is 0 Å². The number of aromatic nitrogens is 2. The fourth-order valence-corrected chi connectivity index (χ4v) is 3.08. The number of hydrogen-bond donors (Lipinski definition) is 3. The lowest BCUT2D eigenvalue weighted by atomic mass is 10.2. The molecule has 3 N–H and O–H groups in total. The lowest BCUT2D eigenvalue weighted by molar-refractivity contribution is 0.428. The minimum atomic E-state index is -0.121. The zero-order valence-corrected chi connectivity index (χ0v) is 14.6. The number of nitrogens with zero attached hydrogens (tertiary/aromatic N) is 1. The van der Waals surface area contributed by atoms with Crippen LogP contribution in [0.15, 0.2) is 36.3 Å². The summed E-state index contributed by atoms with van der Waals surface area (Å²) in [6.45, 7) is 11.9. The molecule has 1 rings (SSSR count). The number of hydrogen-bond acceptors (Lipinski definition) is 4. The Morgan fingerprint density at radius 2 is 2.19 bits per heavy atom. The van der Waals surface area contributed by atoms with E-state index in [0.29, 0.717) is 16.3 Å². The highest BCUT2D eigenvalue weighted by Gasteiger charge is 2.12. The highest BCUT2D eigenvalue weighted by atomic mass is 32.1.